The number of hydrogen-bond donors (Lipinski definition) is 1. The zero-order chi connectivity index (χ0) is 15.8. The topological polar surface area (TPSA) is 71.3 Å². The van der Waals surface area contributed by atoms with Crippen molar-refractivity contribution in [2.24, 2.45) is 0 Å². The fourth-order valence-corrected chi connectivity index (χ4v) is 1.83. The Balaban J connectivity index is 1.89. The van der Waals surface area contributed by atoms with Gasteiger partial charge in [0.2, 0.25) is 0 Å². The summed E-state index contributed by atoms with van der Waals surface area (Å²) < 4.78 is 10.7. The highest BCUT2D eigenvalue weighted by Gasteiger charge is 2.06. The molecule has 5 nitrogen and oxygen atoms in total. The Kier molecular flexibility index (Phi) is 5.38. The second kappa shape index (κ2) is 7.70. The van der Waals surface area contributed by atoms with Gasteiger partial charge in [-0.05, 0) is 43.3 Å². The number of rotatable bonds is 6. The van der Waals surface area contributed by atoms with Crippen LogP contribution in [0, 0.1) is 11.3 Å². The molecule has 0 spiro atoms. The average molecular weight is 296 g/mol. The molecule has 112 valence electrons. The van der Waals surface area contributed by atoms with E-state index in [1.165, 1.54) is 0 Å². The number of hydrogen-bond acceptors (Lipinski definition) is 4. The maximum absolute atomic E-state index is 11.8. The van der Waals surface area contributed by atoms with Gasteiger partial charge in [-0.1, -0.05) is 12.1 Å². The quantitative estimate of drug-likeness (QED) is 0.889. The molecule has 0 atom stereocenters. The van der Waals surface area contributed by atoms with E-state index in [4.69, 9.17) is 14.7 Å². The number of amides is 1. The van der Waals surface area contributed by atoms with Crippen molar-refractivity contribution in [3.05, 3.63) is 54.1 Å². The number of carbonyl (C=O) groups is 1. The summed E-state index contributed by atoms with van der Waals surface area (Å²) >= 11 is 0. The van der Waals surface area contributed by atoms with Gasteiger partial charge in [-0.3, -0.25) is 4.79 Å². The van der Waals surface area contributed by atoms with Crippen LogP contribution in [0.15, 0.2) is 48.5 Å². The van der Waals surface area contributed by atoms with Crippen LogP contribution in [0.25, 0.3) is 0 Å². The monoisotopic (exact) mass is 296 g/mol. The summed E-state index contributed by atoms with van der Waals surface area (Å²) in [5.41, 5.74) is 1.06. The van der Waals surface area contributed by atoms with Crippen molar-refractivity contribution in [2.45, 2.75) is 6.92 Å². The minimum absolute atomic E-state index is 0.161. The van der Waals surface area contributed by atoms with E-state index in [1.54, 1.807) is 48.5 Å². The fraction of sp³-hybridized carbons (Fsp3) is 0.176. The first kappa shape index (κ1) is 15.4. The summed E-state index contributed by atoms with van der Waals surface area (Å²) in [5.74, 6) is 0.850. The number of carbonyl (C=O) groups excluding carboxylic acids is 1. The van der Waals surface area contributed by atoms with Crippen molar-refractivity contribution >= 4 is 11.6 Å². The van der Waals surface area contributed by atoms with Gasteiger partial charge in [0.15, 0.2) is 6.61 Å². The van der Waals surface area contributed by atoms with Crippen molar-refractivity contribution in [1.29, 1.82) is 5.26 Å². The zero-order valence-corrected chi connectivity index (χ0v) is 12.2. The maximum Gasteiger partial charge on any atom is 0.262 e. The highest BCUT2D eigenvalue weighted by atomic mass is 16.5. The highest BCUT2D eigenvalue weighted by molar-refractivity contribution is 5.91. The Morgan fingerprint density at radius 2 is 1.86 bits per heavy atom. The summed E-state index contributed by atoms with van der Waals surface area (Å²) in [6.07, 6.45) is 0. The van der Waals surface area contributed by atoms with Crippen molar-refractivity contribution in [3.8, 4) is 17.6 Å². The molecule has 0 aliphatic carbocycles. The van der Waals surface area contributed by atoms with Gasteiger partial charge in [-0.2, -0.15) is 5.26 Å². The largest absolute Gasteiger partial charge is 0.494 e. The van der Waals surface area contributed by atoms with Crippen LogP contribution in [0.2, 0.25) is 0 Å². The van der Waals surface area contributed by atoms with E-state index in [1.807, 2.05) is 13.0 Å². The standard InChI is InChI=1S/C17H16N2O3/c1-2-21-15-9-7-14(8-10-15)19-17(20)12-22-16-6-4-3-5-13(16)11-18/h3-10H,2,12H2,1H3,(H,19,20). The number of nitrogens with zero attached hydrogens (tertiary/aromatic N) is 1. The minimum atomic E-state index is -0.295. The van der Waals surface area contributed by atoms with Crippen LogP contribution in [-0.2, 0) is 4.79 Å². The molecule has 2 rings (SSSR count). The van der Waals surface area contributed by atoms with Crippen molar-refractivity contribution in [3.63, 3.8) is 0 Å². The Hall–Kier alpha value is -3.00. The van der Waals surface area contributed by atoms with E-state index >= 15 is 0 Å². The third-order valence-corrected chi connectivity index (χ3v) is 2.82. The molecule has 22 heavy (non-hydrogen) atoms. The van der Waals surface area contributed by atoms with Crippen molar-refractivity contribution < 1.29 is 14.3 Å². The Bertz CT molecular complexity index is 675. The zero-order valence-electron chi connectivity index (χ0n) is 12.2. The third kappa shape index (κ3) is 4.25. The van der Waals surface area contributed by atoms with Crippen LogP contribution in [0.1, 0.15) is 12.5 Å². The molecule has 5 heteroatoms. The Labute approximate surface area is 129 Å². The fourth-order valence-electron chi connectivity index (χ4n) is 1.83. The summed E-state index contributed by atoms with van der Waals surface area (Å²) in [5, 5.41) is 11.7. The lowest BCUT2D eigenvalue weighted by Gasteiger charge is -2.09. The van der Waals surface area contributed by atoms with E-state index < -0.39 is 0 Å². The molecule has 0 saturated heterocycles. The maximum atomic E-state index is 11.8. The van der Waals surface area contributed by atoms with Gasteiger partial charge < -0.3 is 14.8 Å². The molecule has 0 heterocycles. The van der Waals surface area contributed by atoms with Crippen LogP contribution >= 0.6 is 0 Å². The van der Waals surface area contributed by atoms with Crippen LogP contribution in [0.3, 0.4) is 0 Å². The first-order valence-electron chi connectivity index (χ1n) is 6.87. The van der Waals surface area contributed by atoms with Crippen molar-refractivity contribution in [1.82, 2.24) is 0 Å². The molecule has 0 aromatic heterocycles. The second-order valence-corrected chi connectivity index (χ2v) is 4.40. The predicted molar refractivity (Wildman–Crippen MR) is 82.9 cm³/mol. The normalized spacial score (nSPS) is 9.64. The number of benzene rings is 2. The first-order valence-corrected chi connectivity index (χ1v) is 6.87. The summed E-state index contributed by atoms with van der Waals surface area (Å²) in [4.78, 5) is 11.8. The molecule has 0 fully saturated rings. The molecule has 0 unspecified atom stereocenters. The lowest BCUT2D eigenvalue weighted by atomic mass is 10.2. The Morgan fingerprint density at radius 1 is 1.14 bits per heavy atom. The number of ether oxygens (including phenoxy) is 2. The minimum Gasteiger partial charge on any atom is -0.494 e. The second-order valence-electron chi connectivity index (χ2n) is 4.40. The molecule has 0 radical (unpaired) electrons. The Morgan fingerprint density at radius 3 is 2.55 bits per heavy atom. The van der Waals surface area contributed by atoms with Gasteiger partial charge in [0.05, 0.1) is 12.2 Å². The third-order valence-electron chi connectivity index (χ3n) is 2.82. The van der Waals surface area contributed by atoms with Crippen LogP contribution < -0.4 is 14.8 Å². The molecular formula is C17H16N2O3. The molecule has 0 bridgehead atoms. The van der Waals surface area contributed by atoms with Gasteiger partial charge in [-0.25, -0.2) is 0 Å². The van der Waals surface area contributed by atoms with E-state index in [-0.39, 0.29) is 12.5 Å². The first-order chi connectivity index (χ1) is 10.7. The van der Waals surface area contributed by atoms with E-state index in [2.05, 4.69) is 5.32 Å². The molecular weight excluding hydrogens is 280 g/mol. The number of nitriles is 1. The SMILES string of the molecule is CCOc1ccc(NC(=O)COc2ccccc2C#N)cc1. The van der Waals surface area contributed by atoms with Crippen LogP contribution in [0.5, 0.6) is 11.5 Å². The molecule has 0 aliphatic rings. The lowest BCUT2D eigenvalue weighted by molar-refractivity contribution is -0.118. The molecule has 1 amide bonds. The van der Waals surface area contributed by atoms with E-state index in [0.29, 0.717) is 23.6 Å². The number of para-hydroxylation sites is 1. The van der Waals surface area contributed by atoms with Crippen LogP contribution in [0.4, 0.5) is 5.69 Å². The number of anilines is 1. The molecule has 2 aromatic rings. The summed E-state index contributed by atoms with van der Waals surface area (Å²) in [7, 11) is 0. The lowest BCUT2D eigenvalue weighted by Crippen LogP contribution is -2.20. The van der Waals surface area contributed by atoms with E-state index in [0.717, 1.165) is 5.75 Å². The van der Waals surface area contributed by atoms with Gasteiger partial charge in [0, 0.05) is 5.69 Å². The molecule has 0 aliphatic heterocycles. The highest BCUT2D eigenvalue weighted by Crippen LogP contribution is 2.17. The molecule has 2 aromatic carbocycles. The van der Waals surface area contributed by atoms with Gasteiger partial charge in [0.25, 0.3) is 5.91 Å². The smallest absolute Gasteiger partial charge is 0.262 e. The summed E-state index contributed by atoms with van der Waals surface area (Å²) in [6.45, 7) is 2.34. The van der Waals surface area contributed by atoms with Gasteiger partial charge in [0.1, 0.15) is 17.6 Å². The summed E-state index contributed by atoms with van der Waals surface area (Å²) in [6, 6.07) is 15.9. The van der Waals surface area contributed by atoms with Crippen LogP contribution in [-0.4, -0.2) is 19.1 Å². The van der Waals surface area contributed by atoms with E-state index in [9.17, 15) is 4.79 Å². The van der Waals surface area contributed by atoms with Gasteiger partial charge in [-0.15, -0.1) is 0 Å². The molecule has 0 saturated carbocycles. The predicted octanol–water partition coefficient (Wildman–Crippen LogP) is 2.97. The van der Waals surface area contributed by atoms with Crippen molar-refractivity contribution in [2.75, 3.05) is 18.5 Å². The average Bonchev–Trinajstić information content (AvgIpc) is 2.55. The van der Waals surface area contributed by atoms with Gasteiger partial charge >= 0.3 is 0 Å². The molecule has 1 N–H and O–H groups in total. The number of nitrogens with one attached hydrogen (secondary N) is 1.